The van der Waals surface area contributed by atoms with Crippen LogP contribution in [0.15, 0.2) is 70.6 Å². The molecule has 2 nitrogen and oxygen atoms in total. The first-order valence-electron chi connectivity index (χ1n) is 10.1. The van der Waals surface area contributed by atoms with Crippen LogP contribution in [0.2, 0.25) is 0 Å². The molecule has 0 unspecified atom stereocenters. The van der Waals surface area contributed by atoms with Crippen molar-refractivity contribution < 1.29 is 0 Å². The molecule has 0 saturated heterocycles. The Balaban J connectivity index is 1.91. The van der Waals surface area contributed by atoms with Gasteiger partial charge < -0.3 is 0 Å². The Morgan fingerprint density at radius 3 is 2.04 bits per heavy atom. The van der Waals surface area contributed by atoms with Gasteiger partial charge >= 0.3 is 0 Å². The number of rotatable bonds is 10. The molecule has 2 aromatic rings. The molecule has 0 bridgehead atoms. The van der Waals surface area contributed by atoms with E-state index < -0.39 is 0 Å². The summed E-state index contributed by atoms with van der Waals surface area (Å²) in [5, 5.41) is 0. The van der Waals surface area contributed by atoms with Crippen molar-refractivity contribution >= 4 is 23.3 Å². The van der Waals surface area contributed by atoms with Crippen molar-refractivity contribution in [2.24, 2.45) is 9.98 Å². The third kappa shape index (κ3) is 9.56. The highest BCUT2D eigenvalue weighted by Gasteiger charge is 1.94. The van der Waals surface area contributed by atoms with Crippen LogP contribution in [-0.2, 0) is 0 Å². The molecule has 0 N–H and O–H groups in total. The van der Waals surface area contributed by atoms with Gasteiger partial charge in [-0.1, -0.05) is 87.8 Å². The number of hydrogen-bond acceptors (Lipinski definition) is 2. The van der Waals surface area contributed by atoms with Gasteiger partial charge in [0.25, 0.3) is 0 Å². The van der Waals surface area contributed by atoms with Gasteiger partial charge in [-0.25, -0.2) is 4.99 Å². The maximum Gasteiger partial charge on any atom is 0.132 e. The smallest absolute Gasteiger partial charge is 0.132 e. The molecule has 0 radical (unpaired) electrons. The first-order chi connectivity index (χ1) is 13.4. The number of nitrogens with zero attached hydrogens (tertiary/aromatic N) is 2. The van der Waals surface area contributed by atoms with Crippen LogP contribution in [0.4, 0.5) is 11.4 Å². The second-order valence-corrected chi connectivity index (χ2v) is 6.60. The van der Waals surface area contributed by atoms with E-state index in [-0.39, 0.29) is 0 Å². The molecular weight excluding hydrogens is 328 g/mol. The first kappa shape index (κ1) is 20.6. The SMILES string of the molecule is CCCCCCCCCC#CC(C=Nc1ccccc1)=Nc1ccccc1. The highest BCUT2D eigenvalue weighted by molar-refractivity contribution is 6.39. The highest BCUT2D eigenvalue weighted by atomic mass is 14.8. The lowest BCUT2D eigenvalue weighted by molar-refractivity contribution is 0.594. The molecule has 140 valence electrons. The topological polar surface area (TPSA) is 24.7 Å². The Labute approximate surface area is 164 Å². The van der Waals surface area contributed by atoms with E-state index in [1.54, 1.807) is 6.21 Å². The fourth-order valence-electron chi connectivity index (χ4n) is 2.70. The largest absolute Gasteiger partial charge is 0.254 e. The van der Waals surface area contributed by atoms with Gasteiger partial charge in [0.05, 0.1) is 17.6 Å². The molecule has 0 atom stereocenters. The standard InChI is InChI=1S/C25H30N2/c1-2-3-4-5-6-7-8-9-12-21-25(27-24-19-15-11-16-20-24)22-26-23-17-13-10-14-18-23/h10-11,13-20,22H,2-9H2,1H3. The molecule has 0 heterocycles. The van der Waals surface area contributed by atoms with Crippen LogP contribution in [0, 0.1) is 11.8 Å². The van der Waals surface area contributed by atoms with Crippen LogP contribution in [0.3, 0.4) is 0 Å². The number of benzene rings is 2. The Hall–Kier alpha value is -2.66. The first-order valence-corrected chi connectivity index (χ1v) is 10.1. The third-order valence-corrected chi connectivity index (χ3v) is 4.22. The van der Waals surface area contributed by atoms with Crippen molar-refractivity contribution in [3.8, 4) is 11.8 Å². The van der Waals surface area contributed by atoms with E-state index >= 15 is 0 Å². The van der Waals surface area contributed by atoms with Crippen LogP contribution < -0.4 is 0 Å². The Bertz CT molecular complexity index is 749. The molecule has 0 fully saturated rings. The maximum absolute atomic E-state index is 4.64. The van der Waals surface area contributed by atoms with Gasteiger partial charge in [-0.2, -0.15) is 0 Å². The number of hydrogen-bond donors (Lipinski definition) is 0. The van der Waals surface area contributed by atoms with E-state index in [1.165, 1.54) is 38.5 Å². The molecule has 0 aliphatic carbocycles. The van der Waals surface area contributed by atoms with E-state index in [0.29, 0.717) is 5.71 Å². The molecule has 2 heteroatoms. The predicted octanol–water partition coefficient (Wildman–Crippen LogP) is 7.31. The highest BCUT2D eigenvalue weighted by Crippen LogP contribution is 2.12. The fourth-order valence-corrected chi connectivity index (χ4v) is 2.70. The van der Waals surface area contributed by atoms with Crippen molar-refractivity contribution in [2.45, 2.75) is 58.3 Å². The number of para-hydroxylation sites is 2. The van der Waals surface area contributed by atoms with Gasteiger partial charge in [-0.05, 0) is 36.6 Å². The van der Waals surface area contributed by atoms with Crippen molar-refractivity contribution in [1.29, 1.82) is 0 Å². The van der Waals surface area contributed by atoms with Gasteiger partial charge in [-0.15, -0.1) is 0 Å². The van der Waals surface area contributed by atoms with Gasteiger partial charge in [0, 0.05) is 6.42 Å². The summed E-state index contributed by atoms with van der Waals surface area (Å²) >= 11 is 0. The van der Waals surface area contributed by atoms with Gasteiger partial charge in [0.15, 0.2) is 0 Å². The van der Waals surface area contributed by atoms with Crippen LogP contribution in [0.1, 0.15) is 58.3 Å². The fraction of sp³-hybridized carbons (Fsp3) is 0.360. The summed E-state index contributed by atoms with van der Waals surface area (Å²) in [5.74, 6) is 6.47. The Morgan fingerprint density at radius 1 is 0.778 bits per heavy atom. The summed E-state index contributed by atoms with van der Waals surface area (Å²) in [7, 11) is 0. The average molecular weight is 359 g/mol. The Morgan fingerprint density at radius 2 is 1.37 bits per heavy atom. The molecule has 0 aromatic heterocycles. The van der Waals surface area contributed by atoms with Crippen molar-refractivity contribution in [3.63, 3.8) is 0 Å². The second-order valence-electron chi connectivity index (χ2n) is 6.60. The minimum absolute atomic E-state index is 0.702. The monoisotopic (exact) mass is 358 g/mol. The summed E-state index contributed by atoms with van der Waals surface area (Å²) in [6, 6.07) is 19.8. The lowest BCUT2D eigenvalue weighted by Crippen LogP contribution is -1.95. The summed E-state index contributed by atoms with van der Waals surface area (Å²) in [6.45, 7) is 2.26. The molecular formula is C25H30N2. The van der Waals surface area contributed by atoms with E-state index in [9.17, 15) is 0 Å². The van der Waals surface area contributed by atoms with Crippen LogP contribution in [-0.4, -0.2) is 11.9 Å². The zero-order chi connectivity index (χ0) is 19.0. The van der Waals surface area contributed by atoms with Crippen LogP contribution in [0.5, 0.6) is 0 Å². The van der Waals surface area contributed by atoms with E-state index in [2.05, 4.69) is 28.7 Å². The van der Waals surface area contributed by atoms with Crippen LogP contribution in [0.25, 0.3) is 0 Å². The lowest BCUT2D eigenvalue weighted by atomic mass is 10.1. The summed E-state index contributed by atoms with van der Waals surface area (Å²) < 4.78 is 0. The van der Waals surface area contributed by atoms with Crippen molar-refractivity contribution in [1.82, 2.24) is 0 Å². The number of aliphatic imine (C=N–C) groups is 2. The minimum Gasteiger partial charge on any atom is -0.254 e. The van der Waals surface area contributed by atoms with Gasteiger partial charge in [-0.3, -0.25) is 4.99 Å². The summed E-state index contributed by atoms with van der Waals surface area (Å²) in [5.41, 5.74) is 2.51. The average Bonchev–Trinajstić information content (AvgIpc) is 2.72. The summed E-state index contributed by atoms with van der Waals surface area (Å²) in [6.07, 6.45) is 11.8. The molecule has 2 aromatic carbocycles. The van der Waals surface area contributed by atoms with Crippen molar-refractivity contribution in [2.75, 3.05) is 0 Å². The molecule has 0 saturated carbocycles. The third-order valence-electron chi connectivity index (χ3n) is 4.22. The Kier molecular flexibility index (Phi) is 10.3. The molecule has 0 aliphatic rings. The lowest BCUT2D eigenvalue weighted by Gasteiger charge is -1.98. The van der Waals surface area contributed by atoms with E-state index in [4.69, 9.17) is 0 Å². The molecule has 2 rings (SSSR count). The molecule has 0 aliphatic heterocycles. The van der Waals surface area contributed by atoms with Crippen LogP contribution >= 0.6 is 0 Å². The summed E-state index contributed by atoms with van der Waals surface area (Å²) in [4.78, 5) is 9.14. The predicted molar refractivity (Wildman–Crippen MR) is 119 cm³/mol. The van der Waals surface area contributed by atoms with E-state index in [1.807, 2.05) is 60.7 Å². The normalized spacial score (nSPS) is 11.4. The molecule has 0 amide bonds. The zero-order valence-corrected chi connectivity index (χ0v) is 16.4. The molecule has 0 spiro atoms. The number of unbranched alkanes of at least 4 members (excludes halogenated alkanes) is 7. The minimum atomic E-state index is 0.702. The van der Waals surface area contributed by atoms with Gasteiger partial charge in [0.1, 0.15) is 5.71 Å². The van der Waals surface area contributed by atoms with Gasteiger partial charge in [0.2, 0.25) is 0 Å². The molecule has 27 heavy (non-hydrogen) atoms. The van der Waals surface area contributed by atoms with Crippen molar-refractivity contribution in [3.05, 3.63) is 60.7 Å². The van der Waals surface area contributed by atoms with E-state index in [0.717, 1.165) is 24.2 Å². The quantitative estimate of drug-likeness (QED) is 0.242. The zero-order valence-electron chi connectivity index (χ0n) is 16.4. The maximum atomic E-state index is 4.64. The second kappa shape index (κ2) is 13.5.